The summed E-state index contributed by atoms with van der Waals surface area (Å²) in [5, 5.41) is 8.93. The first-order valence-electron chi connectivity index (χ1n) is 7.77. The van der Waals surface area contributed by atoms with Crippen molar-refractivity contribution in [3.8, 4) is 0 Å². The maximum absolute atomic E-state index is 6.35. The van der Waals surface area contributed by atoms with E-state index in [0.717, 1.165) is 22.7 Å². The van der Waals surface area contributed by atoms with Crippen molar-refractivity contribution in [2.75, 3.05) is 0 Å². The van der Waals surface area contributed by atoms with Crippen LogP contribution >= 0.6 is 11.5 Å². The molecule has 2 aromatic heterocycles. The van der Waals surface area contributed by atoms with Gasteiger partial charge in [-0.1, -0.05) is 31.2 Å². The first-order valence-corrected chi connectivity index (χ1v) is 8.54. The van der Waals surface area contributed by atoms with E-state index in [0.29, 0.717) is 12.0 Å². The number of hydrogen-bond donors (Lipinski definition) is 1. The minimum Gasteiger partial charge on any atom is -0.323 e. The predicted molar refractivity (Wildman–Crippen MR) is 84.4 cm³/mol. The zero-order valence-electron chi connectivity index (χ0n) is 12.7. The van der Waals surface area contributed by atoms with Crippen LogP contribution in [0.1, 0.15) is 73.8 Å². The third kappa shape index (κ3) is 3.16. The fourth-order valence-electron chi connectivity index (χ4n) is 3.04. The SMILES string of the molecule is CC(C)c1nnsc1C(N)Cc1ccn(C2CCCC2)n1. The average Bonchev–Trinajstić information content (AvgIpc) is 3.19. The summed E-state index contributed by atoms with van der Waals surface area (Å²) in [4.78, 5) is 1.10. The molecule has 1 fully saturated rings. The van der Waals surface area contributed by atoms with E-state index in [1.165, 1.54) is 37.2 Å². The van der Waals surface area contributed by atoms with Crippen molar-refractivity contribution in [1.82, 2.24) is 19.4 Å². The molecular formula is C15H23N5S. The molecule has 0 aliphatic heterocycles. The highest BCUT2D eigenvalue weighted by molar-refractivity contribution is 7.05. The summed E-state index contributed by atoms with van der Waals surface area (Å²) in [5.41, 5.74) is 8.45. The van der Waals surface area contributed by atoms with Gasteiger partial charge in [-0.2, -0.15) is 5.10 Å². The quantitative estimate of drug-likeness (QED) is 0.921. The molecule has 1 saturated carbocycles. The lowest BCUT2D eigenvalue weighted by atomic mass is 10.0. The Hall–Kier alpha value is -1.27. The van der Waals surface area contributed by atoms with Crippen LogP contribution in [0.4, 0.5) is 0 Å². The number of aromatic nitrogens is 4. The van der Waals surface area contributed by atoms with Gasteiger partial charge in [-0.3, -0.25) is 4.68 Å². The molecule has 1 unspecified atom stereocenters. The van der Waals surface area contributed by atoms with Crippen LogP contribution in [0.2, 0.25) is 0 Å². The van der Waals surface area contributed by atoms with Crippen molar-refractivity contribution in [2.45, 2.75) is 64.0 Å². The van der Waals surface area contributed by atoms with E-state index in [1.54, 1.807) is 0 Å². The fourth-order valence-corrected chi connectivity index (χ4v) is 3.84. The van der Waals surface area contributed by atoms with E-state index in [1.807, 2.05) is 0 Å². The maximum atomic E-state index is 6.35. The van der Waals surface area contributed by atoms with Crippen molar-refractivity contribution in [1.29, 1.82) is 0 Å². The first kappa shape index (κ1) is 14.7. The van der Waals surface area contributed by atoms with Crippen molar-refractivity contribution in [2.24, 2.45) is 5.73 Å². The molecule has 2 N–H and O–H groups in total. The third-order valence-corrected chi connectivity index (χ3v) is 5.09. The minimum atomic E-state index is -0.0608. The highest BCUT2D eigenvalue weighted by Crippen LogP contribution is 2.30. The van der Waals surface area contributed by atoms with E-state index < -0.39 is 0 Å². The van der Waals surface area contributed by atoms with E-state index in [9.17, 15) is 0 Å². The van der Waals surface area contributed by atoms with Gasteiger partial charge in [-0.25, -0.2) is 0 Å². The molecule has 1 atom stereocenters. The second-order valence-corrected chi connectivity index (χ2v) is 7.00. The zero-order valence-corrected chi connectivity index (χ0v) is 13.5. The third-order valence-electron chi connectivity index (χ3n) is 4.22. The molecule has 0 amide bonds. The van der Waals surface area contributed by atoms with Gasteiger partial charge in [-0.05, 0) is 36.4 Å². The standard InChI is InChI=1S/C15H23N5S/c1-10(2)14-15(21-19-17-14)13(16)9-11-7-8-20(18-11)12-5-3-4-6-12/h7-8,10,12-13H,3-6,9,16H2,1-2H3. The van der Waals surface area contributed by atoms with Crippen LogP contribution in [0.15, 0.2) is 12.3 Å². The molecule has 2 aromatic rings. The topological polar surface area (TPSA) is 69.6 Å². The summed E-state index contributed by atoms with van der Waals surface area (Å²) in [6, 6.07) is 2.63. The van der Waals surface area contributed by atoms with Crippen LogP contribution in [0.25, 0.3) is 0 Å². The molecule has 0 radical (unpaired) electrons. The lowest BCUT2D eigenvalue weighted by Crippen LogP contribution is -2.15. The maximum Gasteiger partial charge on any atom is 0.0829 e. The van der Waals surface area contributed by atoms with Gasteiger partial charge in [0.15, 0.2) is 0 Å². The van der Waals surface area contributed by atoms with E-state index >= 15 is 0 Å². The van der Waals surface area contributed by atoms with Gasteiger partial charge >= 0.3 is 0 Å². The van der Waals surface area contributed by atoms with Crippen molar-refractivity contribution in [3.05, 3.63) is 28.5 Å². The largest absolute Gasteiger partial charge is 0.323 e. The summed E-state index contributed by atoms with van der Waals surface area (Å²) in [5.74, 6) is 0.362. The lowest BCUT2D eigenvalue weighted by Gasteiger charge is -2.11. The number of rotatable bonds is 5. The molecule has 0 aromatic carbocycles. The van der Waals surface area contributed by atoms with Crippen LogP contribution in [0.5, 0.6) is 0 Å². The smallest absolute Gasteiger partial charge is 0.0829 e. The summed E-state index contributed by atoms with van der Waals surface area (Å²) in [6.45, 7) is 4.25. The van der Waals surface area contributed by atoms with E-state index in [-0.39, 0.29) is 6.04 Å². The van der Waals surface area contributed by atoms with E-state index in [4.69, 9.17) is 10.8 Å². The van der Waals surface area contributed by atoms with Crippen LogP contribution in [-0.4, -0.2) is 19.4 Å². The van der Waals surface area contributed by atoms with Gasteiger partial charge in [0, 0.05) is 18.7 Å². The van der Waals surface area contributed by atoms with Crippen LogP contribution in [0.3, 0.4) is 0 Å². The first-order chi connectivity index (χ1) is 10.1. The Morgan fingerprint density at radius 1 is 1.38 bits per heavy atom. The van der Waals surface area contributed by atoms with Crippen LogP contribution < -0.4 is 5.73 Å². The molecule has 0 bridgehead atoms. The highest BCUT2D eigenvalue weighted by Gasteiger charge is 2.21. The monoisotopic (exact) mass is 305 g/mol. The Bertz CT molecular complexity index is 582. The Morgan fingerprint density at radius 3 is 2.86 bits per heavy atom. The number of hydrogen-bond acceptors (Lipinski definition) is 5. The van der Waals surface area contributed by atoms with Gasteiger partial charge in [0.25, 0.3) is 0 Å². The normalized spacial score (nSPS) is 17.7. The van der Waals surface area contributed by atoms with Crippen molar-refractivity contribution in [3.63, 3.8) is 0 Å². The predicted octanol–water partition coefficient (Wildman–Crippen LogP) is 3.22. The molecule has 5 nitrogen and oxygen atoms in total. The summed E-state index contributed by atoms with van der Waals surface area (Å²) in [7, 11) is 0. The molecule has 6 heteroatoms. The lowest BCUT2D eigenvalue weighted by molar-refractivity contribution is 0.461. The molecule has 0 saturated heterocycles. The Balaban J connectivity index is 1.69. The molecule has 0 spiro atoms. The van der Waals surface area contributed by atoms with Crippen molar-refractivity contribution >= 4 is 11.5 Å². The van der Waals surface area contributed by atoms with Gasteiger partial charge in [0.05, 0.1) is 22.3 Å². The second kappa shape index (κ2) is 6.23. The molecular weight excluding hydrogens is 282 g/mol. The zero-order chi connectivity index (χ0) is 14.8. The van der Waals surface area contributed by atoms with Crippen LogP contribution in [-0.2, 0) is 6.42 Å². The van der Waals surface area contributed by atoms with Crippen LogP contribution in [0, 0.1) is 0 Å². The Kier molecular flexibility index (Phi) is 4.35. The summed E-state index contributed by atoms with van der Waals surface area (Å²) >= 11 is 1.42. The summed E-state index contributed by atoms with van der Waals surface area (Å²) in [6.07, 6.45) is 8.01. The van der Waals surface area contributed by atoms with Gasteiger partial charge in [-0.15, -0.1) is 5.10 Å². The number of nitrogens with two attached hydrogens (primary N) is 1. The number of nitrogens with zero attached hydrogens (tertiary/aromatic N) is 4. The molecule has 114 valence electrons. The van der Waals surface area contributed by atoms with Gasteiger partial charge in [0.2, 0.25) is 0 Å². The average molecular weight is 305 g/mol. The molecule has 21 heavy (non-hydrogen) atoms. The van der Waals surface area contributed by atoms with E-state index in [2.05, 4.69) is 40.4 Å². The van der Waals surface area contributed by atoms with Crippen molar-refractivity contribution < 1.29 is 0 Å². The minimum absolute atomic E-state index is 0.0608. The fraction of sp³-hybridized carbons (Fsp3) is 0.667. The molecule has 2 heterocycles. The Labute approximate surface area is 129 Å². The van der Waals surface area contributed by atoms with Gasteiger partial charge < -0.3 is 5.73 Å². The highest BCUT2D eigenvalue weighted by atomic mass is 32.1. The van der Waals surface area contributed by atoms with Gasteiger partial charge in [0.1, 0.15) is 0 Å². The Morgan fingerprint density at radius 2 is 2.14 bits per heavy atom. The molecule has 1 aliphatic carbocycles. The second-order valence-electron chi connectivity index (χ2n) is 6.21. The molecule has 3 rings (SSSR count). The summed E-state index contributed by atoms with van der Waals surface area (Å²) < 4.78 is 6.19. The molecule has 1 aliphatic rings.